The number of imidazole rings is 8. The molecule has 4 fully saturated rings. The summed E-state index contributed by atoms with van der Waals surface area (Å²) < 4.78 is 67.5. The second kappa shape index (κ2) is 40.1. The molecule has 47 nitrogen and oxygen atoms in total. The van der Waals surface area contributed by atoms with E-state index >= 15 is 0 Å². The summed E-state index contributed by atoms with van der Waals surface area (Å²) in [6, 6.07) is 42.3. The number of thiophene rings is 1. The van der Waals surface area contributed by atoms with E-state index in [-0.39, 0.29) is 52.9 Å². The molecule has 0 unspecified atom stereocenters. The third-order valence-corrected chi connectivity index (χ3v) is 26.1. The third kappa shape index (κ3) is 19.6. The number of fused-ring (bicyclic) bond motifs is 8. The van der Waals surface area contributed by atoms with Gasteiger partial charge >= 0.3 is 0 Å². The van der Waals surface area contributed by atoms with E-state index < -0.39 is 24.6 Å². The number of aromatic amines is 4. The number of ether oxygens (including phenoxy) is 4. The highest BCUT2D eigenvalue weighted by atomic mass is 32.2. The summed E-state index contributed by atoms with van der Waals surface area (Å²) in [5.74, 6) is 6.38. The molecule has 8 N–H and O–H groups in total. The van der Waals surface area contributed by atoms with Crippen molar-refractivity contribution in [3.05, 3.63) is 258 Å². The van der Waals surface area contributed by atoms with Crippen molar-refractivity contribution in [2.45, 2.75) is 51.8 Å². The van der Waals surface area contributed by atoms with Gasteiger partial charge in [0.05, 0.1) is 143 Å². The van der Waals surface area contributed by atoms with Gasteiger partial charge in [0.15, 0.2) is 94.3 Å². The summed E-state index contributed by atoms with van der Waals surface area (Å²) in [5.41, 5.74) is 15.5. The van der Waals surface area contributed by atoms with Crippen molar-refractivity contribution in [2.75, 3.05) is 152 Å². The minimum absolute atomic E-state index is 0.0361. The topological polar surface area (TPSA) is 551 Å². The van der Waals surface area contributed by atoms with Gasteiger partial charge in [-0.25, -0.2) is 52.7 Å². The van der Waals surface area contributed by atoms with Gasteiger partial charge in [0, 0.05) is 87.9 Å². The Balaban J connectivity index is 0.000000113. The number of halogens is 1. The molecule has 50 heteroatoms. The number of nitro groups is 3. The summed E-state index contributed by atoms with van der Waals surface area (Å²) >= 11 is 1.61. The number of nitro benzene ring substituents is 3. The van der Waals surface area contributed by atoms with Gasteiger partial charge in [0.1, 0.15) is 54.4 Å². The molecule has 7 aromatic carbocycles. The van der Waals surface area contributed by atoms with E-state index in [4.69, 9.17) is 58.8 Å². The smallest absolute Gasteiger partial charge is 0.297 e. The molecule has 24 rings (SSSR count). The van der Waals surface area contributed by atoms with Gasteiger partial charge in [-0.15, -0.1) is 0 Å². The quantitative estimate of drug-likeness (QED) is 0.0206. The predicted octanol–water partition coefficient (Wildman–Crippen LogP) is 12.8. The van der Waals surface area contributed by atoms with Crippen LogP contribution in [0.1, 0.15) is 40.0 Å². The molecular formula is C94H90FN35O12S2. The molecule has 17 heterocycles. The Morgan fingerprint density at radius 2 is 0.757 bits per heavy atom. The van der Waals surface area contributed by atoms with Crippen molar-refractivity contribution in [2.24, 2.45) is 0 Å². The molecule has 4 aliphatic rings. The highest BCUT2D eigenvalue weighted by Gasteiger charge is 2.29. The van der Waals surface area contributed by atoms with Crippen LogP contribution in [0, 0.1) is 56.9 Å². The normalized spacial score (nSPS) is 14.1. The van der Waals surface area contributed by atoms with Gasteiger partial charge in [0.2, 0.25) is 23.8 Å². The Labute approximate surface area is 818 Å². The molecule has 0 saturated carbocycles. The fraction of sp³-hybridized carbons (Fsp3) is 0.255. The lowest BCUT2D eigenvalue weighted by Crippen LogP contribution is -2.37. The summed E-state index contributed by atoms with van der Waals surface area (Å²) in [4.78, 5) is 129. The molecule has 732 valence electrons. The fourth-order valence-electron chi connectivity index (χ4n) is 17.2. The number of para-hydroxylation sites is 4. The van der Waals surface area contributed by atoms with E-state index in [1.807, 2.05) is 105 Å². The molecule has 0 atom stereocenters. The van der Waals surface area contributed by atoms with Crippen LogP contribution in [0.15, 0.2) is 187 Å². The lowest BCUT2D eigenvalue weighted by molar-refractivity contribution is -0.383. The van der Waals surface area contributed by atoms with Gasteiger partial charge in [-0.3, -0.25) is 48.6 Å². The highest BCUT2D eigenvalue weighted by Crippen LogP contribution is 2.36. The Hall–Kier alpha value is -17.4. The number of morpholine rings is 4. The molecule has 0 spiro atoms. The van der Waals surface area contributed by atoms with Crippen molar-refractivity contribution >= 4 is 174 Å². The van der Waals surface area contributed by atoms with Crippen LogP contribution in [0.3, 0.4) is 0 Å². The minimum atomic E-state index is -3.30. The summed E-state index contributed by atoms with van der Waals surface area (Å²) in [5, 5.41) is 51.4. The molecule has 0 bridgehead atoms. The van der Waals surface area contributed by atoms with Gasteiger partial charge in [-0.1, -0.05) is 48.5 Å². The van der Waals surface area contributed by atoms with Crippen molar-refractivity contribution in [1.82, 2.24) is 118 Å². The number of anilines is 8. The summed E-state index contributed by atoms with van der Waals surface area (Å²) in [6.45, 7) is 17.3. The van der Waals surface area contributed by atoms with Crippen LogP contribution in [-0.4, -0.2) is 253 Å². The first kappa shape index (κ1) is 93.0. The number of nitrogens with one attached hydrogen (secondary N) is 8. The Morgan fingerprint density at radius 1 is 0.382 bits per heavy atom. The number of hydrogen-bond donors (Lipinski definition) is 8. The van der Waals surface area contributed by atoms with Gasteiger partial charge in [-0.05, 0) is 122 Å². The minimum Gasteiger partial charge on any atom is -0.378 e. The first-order valence-electron chi connectivity index (χ1n) is 45.8. The van der Waals surface area contributed by atoms with E-state index in [0.29, 0.717) is 271 Å². The van der Waals surface area contributed by atoms with Crippen LogP contribution < -0.4 is 40.9 Å². The Kier molecular flexibility index (Phi) is 25.9. The number of hydrogen-bond acceptors (Lipinski definition) is 37. The van der Waals surface area contributed by atoms with Crippen LogP contribution >= 0.6 is 11.3 Å². The first-order chi connectivity index (χ1) is 70.1. The van der Waals surface area contributed by atoms with Crippen LogP contribution in [0.25, 0.3) is 112 Å². The van der Waals surface area contributed by atoms with Gasteiger partial charge < -0.3 is 79.8 Å². The van der Waals surface area contributed by atoms with Crippen molar-refractivity contribution in [3.63, 3.8) is 0 Å². The Bertz CT molecular complexity index is 8350. The maximum atomic E-state index is 14.2. The zero-order valence-corrected chi connectivity index (χ0v) is 79.3. The summed E-state index contributed by atoms with van der Waals surface area (Å²) in [7, 11) is -3.30. The number of benzene rings is 7. The number of nitrogens with zero attached hydrogens (tertiary/aromatic N) is 27. The lowest BCUT2D eigenvalue weighted by Gasteiger charge is -2.27. The predicted molar refractivity (Wildman–Crippen MR) is 538 cm³/mol. The highest BCUT2D eigenvalue weighted by molar-refractivity contribution is 7.90. The molecule has 20 aromatic rings. The van der Waals surface area contributed by atoms with Crippen LogP contribution in [-0.2, 0) is 55.0 Å². The molecule has 0 radical (unpaired) electrons. The first-order valence-corrected chi connectivity index (χ1v) is 48.6. The number of aryl methyl sites for hydroxylation is 3. The molecule has 4 saturated heterocycles. The molecule has 0 amide bonds. The second-order valence-corrected chi connectivity index (χ2v) is 36.8. The summed E-state index contributed by atoms with van der Waals surface area (Å²) in [6.07, 6.45) is 8.03. The number of aromatic nitrogens is 24. The van der Waals surface area contributed by atoms with Crippen LogP contribution in [0.5, 0.6) is 0 Å². The molecule has 0 aliphatic carbocycles. The number of non-ortho nitro benzene ring substituents is 3. The number of H-pyrrole nitrogens is 4. The van der Waals surface area contributed by atoms with E-state index in [9.17, 15) is 43.2 Å². The SMILES string of the molecule is CS(=O)(=O)c1ccc2nc(CNc3nc(N4CCOCC4)nc4c3ncn4-c3ccsc3)[nH]c2c1.Cc1cc(F)cc(-n2cnc3c(NCc4nc5c([N+](=O)[O-])cccc5[nH]4)nc(N4CCOCC4)nc32)c1.Cc1cccc(-n2cnc3c(NCc4nc5c([N+](=O)[O-])cccc5[nH]4)nc(N4CCOCC4)nc32)c1.Cc1ccccc1-n1cnc2c(NCc3nc4c([N+](=O)[O-])cccc4[nH]3)nc(N3CCOCC3)nc21. The van der Waals surface area contributed by atoms with Crippen LogP contribution in [0.2, 0.25) is 0 Å². The molecule has 13 aromatic heterocycles. The lowest BCUT2D eigenvalue weighted by atomic mass is 10.2. The van der Waals surface area contributed by atoms with Gasteiger partial charge in [0.25, 0.3) is 17.1 Å². The van der Waals surface area contributed by atoms with Crippen LogP contribution in [0.4, 0.5) is 68.5 Å². The average Bonchev–Trinajstić information content (AvgIpc) is 1.67. The molecular weight excluding hydrogens is 1890 g/mol. The number of rotatable bonds is 24. The standard InChI is InChI=1S/C24H22FN9O3.2C24H23N9O3.C22H22N8O3S2/c1-14-9-15(25)11-16(10-14)33-13-27-21-22(30-24(31-23(21)33)32-5-7-37-8-6-32)26-12-19-28-17-3-2-4-18(34(35)36)20(17)29-19;1-15-4-2-5-16(12-15)32-14-26-21-22(29-24(30-23(21)32)31-8-10-36-11-9-31)25-13-19-27-17-6-3-7-18(33(34)35)20(17)28-19;1-15-5-2-3-7-17(15)32-14-26-21-22(29-24(30-23(21)32)31-9-11-36-12-10-31)25-13-19-27-16-6-4-8-18(33(34)35)20(16)28-19;1-35(31,32)15-2-3-16-17(10-15)26-18(25-16)11-23-20-19-21(30(13-24-19)14-4-9-34-12-14)28-22(27-20)29-5-7-33-8-6-29/h2-4,9-11,13H,5-8,12H2,1H3,(H,28,29)(H,26,30,31);2-7,12,14H,8-11,13H2,1H3,(H,27,28)(H,25,29,30);2-8,14H,9-13H2,1H3,(H,27,28)(H,25,29,30);2-4,9-10,12-13H,5-8,11H2,1H3,(H,25,26)(H,23,27,28). The Morgan fingerprint density at radius 3 is 1.15 bits per heavy atom. The number of sulfone groups is 1. The molecule has 144 heavy (non-hydrogen) atoms. The second-order valence-electron chi connectivity index (χ2n) is 34.0. The fourth-order valence-corrected chi connectivity index (χ4v) is 18.5. The van der Waals surface area contributed by atoms with E-state index in [1.54, 1.807) is 95.8 Å². The average molecular weight is 1990 g/mol. The van der Waals surface area contributed by atoms with E-state index in [0.717, 1.165) is 33.8 Å². The largest absolute Gasteiger partial charge is 0.378 e. The van der Waals surface area contributed by atoms with Crippen molar-refractivity contribution in [1.29, 1.82) is 0 Å². The third-order valence-electron chi connectivity index (χ3n) is 24.3. The van der Waals surface area contributed by atoms with E-state index in [1.165, 1.54) is 36.6 Å². The monoisotopic (exact) mass is 1980 g/mol. The van der Waals surface area contributed by atoms with Gasteiger partial charge in [-0.2, -0.15) is 51.2 Å². The zero-order chi connectivity index (χ0) is 98.8. The van der Waals surface area contributed by atoms with Crippen molar-refractivity contribution in [3.8, 4) is 22.7 Å². The van der Waals surface area contributed by atoms with Crippen molar-refractivity contribution < 1.29 is 46.5 Å². The maximum Gasteiger partial charge on any atom is 0.297 e. The van der Waals surface area contributed by atoms with E-state index in [2.05, 4.69) is 102 Å². The maximum absolute atomic E-state index is 14.2. The molecule has 4 aliphatic heterocycles. The zero-order valence-electron chi connectivity index (χ0n) is 77.6.